The second-order valence-electron chi connectivity index (χ2n) is 12.5. The number of fused-ring (bicyclic) bond motifs is 6. The molecule has 256 valence electrons. The Morgan fingerprint density at radius 3 is 1.12 bits per heavy atom. The van der Waals surface area contributed by atoms with Gasteiger partial charge in [-0.05, 0) is 106 Å². The van der Waals surface area contributed by atoms with Gasteiger partial charge in [0.25, 0.3) is 0 Å². The quantitative estimate of drug-likeness (QED) is 0.148. The Morgan fingerprint density at radius 2 is 0.712 bits per heavy atom. The molecule has 6 nitrogen and oxygen atoms in total. The van der Waals surface area contributed by atoms with E-state index in [0.717, 1.165) is 32.7 Å². The number of hydrogen-bond donors (Lipinski definition) is 0. The molecule has 0 fully saturated rings. The van der Waals surface area contributed by atoms with Crippen molar-refractivity contribution in [3.05, 3.63) is 180 Å². The van der Waals surface area contributed by atoms with E-state index in [1.54, 1.807) is 48.6 Å². The maximum Gasteiger partial charge on any atom is 0.189 e. The molecule has 0 spiro atoms. The summed E-state index contributed by atoms with van der Waals surface area (Å²) in [6, 6.07) is 38.0. The van der Waals surface area contributed by atoms with E-state index in [9.17, 15) is 9.59 Å². The highest BCUT2D eigenvalue weighted by atomic mass is 16.5. The van der Waals surface area contributed by atoms with Gasteiger partial charge in [0.1, 0.15) is 49.4 Å². The maximum atomic E-state index is 13.5. The zero-order chi connectivity index (χ0) is 35.9. The molecule has 0 saturated carbocycles. The summed E-state index contributed by atoms with van der Waals surface area (Å²) < 4.78 is 24.8. The molecule has 0 N–H and O–H groups in total. The minimum Gasteiger partial charge on any atom is -0.488 e. The number of ether oxygens (including phenoxy) is 4. The molecule has 6 heteroatoms. The Morgan fingerprint density at radius 1 is 0.385 bits per heavy atom. The summed E-state index contributed by atoms with van der Waals surface area (Å²) in [4.78, 5) is 27.1. The van der Waals surface area contributed by atoms with Gasteiger partial charge in [-0.3, -0.25) is 9.59 Å². The van der Waals surface area contributed by atoms with Crippen LogP contribution < -0.4 is 18.9 Å². The first kappa shape index (κ1) is 33.8. The summed E-state index contributed by atoms with van der Waals surface area (Å²) >= 11 is 0. The van der Waals surface area contributed by atoms with Crippen molar-refractivity contribution >= 4 is 45.3 Å². The third-order valence-electron chi connectivity index (χ3n) is 8.62. The van der Waals surface area contributed by atoms with Crippen LogP contribution in [0.2, 0.25) is 0 Å². The van der Waals surface area contributed by atoms with Crippen molar-refractivity contribution in [3.8, 4) is 23.0 Å². The number of allylic oxidation sites excluding steroid dienone is 2. The molecule has 52 heavy (non-hydrogen) atoms. The van der Waals surface area contributed by atoms with E-state index >= 15 is 0 Å². The number of carbonyl (C=O) groups excluding carboxylic acids is 2. The molecule has 0 saturated heterocycles. The van der Waals surface area contributed by atoms with E-state index in [-0.39, 0.29) is 38.0 Å². The summed E-state index contributed by atoms with van der Waals surface area (Å²) in [5, 5.41) is 4.03. The molecule has 0 bridgehead atoms. The van der Waals surface area contributed by atoms with E-state index in [1.807, 2.05) is 84.9 Å². The maximum absolute atomic E-state index is 13.5. The van der Waals surface area contributed by atoms with Crippen LogP contribution >= 0.6 is 0 Å². The summed E-state index contributed by atoms with van der Waals surface area (Å²) in [5.74, 6) is 1.60. The molecule has 1 aliphatic rings. The van der Waals surface area contributed by atoms with Gasteiger partial charge in [-0.25, -0.2) is 0 Å². The normalized spacial score (nSPS) is 15.7. The first-order valence-electron chi connectivity index (χ1n) is 16.9. The van der Waals surface area contributed by atoms with Gasteiger partial charge in [-0.15, -0.1) is 0 Å². The fraction of sp³-hybridized carbons (Fsp3) is 0.0870. The SMILES string of the molecule is C=C1COc2cc3ccccc3cc2/C=C\C(=O)c2ccccc2OCC(=C)COc2ccccc2C(=O)/C=C\c2cc3ccccc3cc2OC1. The molecule has 0 atom stereocenters. The fourth-order valence-corrected chi connectivity index (χ4v) is 5.89. The topological polar surface area (TPSA) is 71.1 Å². The predicted molar refractivity (Wildman–Crippen MR) is 208 cm³/mol. The molecule has 1 aliphatic heterocycles. The molecule has 0 aromatic heterocycles. The van der Waals surface area contributed by atoms with Crippen LogP contribution in [0.25, 0.3) is 33.7 Å². The Balaban J connectivity index is 1.23. The second kappa shape index (κ2) is 15.5. The Bertz CT molecular complexity index is 2230. The van der Waals surface area contributed by atoms with Crippen molar-refractivity contribution in [1.29, 1.82) is 0 Å². The molecule has 6 aromatic carbocycles. The van der Waals surface area contributed by atoms with Crippen LogP contribution in [0.4, 0.5) is 0 Å². The van der Waals surface area contributed by atoms with Crippen molar-refractivity contribution in [2.45, 2.75) is 0 Å². The van der Waals surface area contributed by atoms with Crippen molar-refractivity contribution < 1.29 is 28.5 Å². The van der Waals surface area contributed by atoms with Crippen LogP contribution in [0.1, 0.15) is 31.8 Å². The van der Waals surface area contributed by atoms with Crippen LogP contribution in [-0.4, -0.2) is 38.0 Å². The molecular formula is C46H36O6. The van der Waals surface area contributed by atoms with Gasteiger partial charge in [-0.1, -0.05) is 86.0 Å². The van der Waals surface area contributed by atoms with Crippen molar-refractivity contribution in [2.75, 3.05) is 26.4 Å². The third-order valence-corrected chi connectivity index (χ3v) is 8.62. The van der Waals surface area contributed by atoms with E-state index in [1.165, 1.54) is 12.2 Å². The lowest BCUT2D eigenvalue weighted by Gasteiger charge is -2.15. The van der Waals surface area contributed by atoms with Gasteiger partial charge in [-0.2, -0.15) is 0 Å². The van der Waals surface area contributed by atoms with E-state index in [2.05, 4.69) is 13.2 Å². The van der Waals surface area contributed by atoms with Crippen LogP contribution in [0.5, 0.6) is 23.0 Å². The lowest BCUT2D eigenvalue weighted by atomic mass is 10.0. The summed E-state index contributed by atoms with van der Waals surface area (Å²) in [6.45, 7) is 8.93. The van der Waals surface area contributed by atoms with Gasteiger partial charge >= 0.3 is 0 Å². The lowest BCUT2D eigenvalue weighted by Crippen LogP contribution is -2.11. The Labute approximate surface area is 302 Å². The zero-order valence-electron chi connectivity index (χ0n) is 28.5. The Hall–Kier alpha value is -6.66. The van der Waals surface area contributed by atoms with Gasteiger partial charge in [0, 0.05) is 11.1 Å². The highest BCUT2D eigenvalue weighted by molar-refractivity contribution is 6.09. The van der Waals surface area contributed by atoms with Crippen LogP contribution in [-0.2, 0) is 0 Å². The molecule has 0 amide bonds. The average molecular weight is 685 g/mol. The number of rotatable bonds is 0. The zero-order valence-corrected chi connectivity index (χ0v) is 28.5. The van der Waals surface area contributed by atoms with Gasteiger partial charge < -0.3 is 18.9 Å². The van der Waals surface area contributed by atoms with Crippen LogP contribution in [0.15, 0.2) is 158 Å². The first-order valence-corrected chi connectivity index (χ1v) is 16.9. The van der Waals surface area contributed by atoms with Crippen LogP contribution in [0.3, 0.4) is 0 Å². The van der Waals surface area contributed by atoms with Gasteiger partial charge in [0.05, 0.1) is 11.1 Å². The number of para-hydroxylation sites is 2. The number of carbonyl (C=O) groups is 2. The fourth-order valence-electron chi connectivity index (χ4n) is 5.89. The number of benzene rings is 6. The van der Waals surface area contributed by atoms with Crippen molar-refractivity contribution in [3.63, 3.8) is 0 Å². The van der Waals surface area contributed by atoms with E-state index < -0.39 is 0 Å². The summed E-state index contributed by atoms with van der Waals surface area (Å²) in [5.41, 5.74) is 3.63. The number of ketones is 2. The molecule has 0 unspecified atom stereocenters. The summed E-state index contributed by atoms with van der Waals surface area (Å²) in [6.07, 6.45) is 6.57. The van der Waals surface area contributed by atoms with Crippen molar-refractivity contribution in [1.82, 2.24) is 0 Å². The monoisotopic (exact) mass is 684 g/mol. The van der Waals surface area contributed by atoms with Crippen molar-refractivity contribution in [2.24, 2.45) is 0 Å². The molecule has 1 heterocycles. The second-order valence-corrected chi connectivity index (χ2v) is 12.5. The minimum atomic E-state index is -0.226. The molecule has 6 aromatic rings. The standard InChI is InChI=1S/C46H36O6/c1-31-27-49-43-17-9-7-15-39(43)41(47)21-19-37-23-33-11-3-5-13-35(33)25-45(37)51-29-32(2)30-52-46-26-36-14-6-4-12-34(36)24-38(46)20-22-42(48)40-16-8-10-18-44(40)50-28-31/h3-26H,1-2,27-30H2/b21-19-,22-20-. The van der Waals surface area contributed by atoms with E-state index in [4.69, 9.17) is 18.9 Å². The molecular weight excluding hydrogens is 649 g/mol. The first-order chi connectivity index (χ1) is 25.4. The number of hydrogen-bond acceptors (Lipinski definition) is 6. The third kappa shape index (κ3) is 7.87. The molecule has 0 radical (unpaired) electrons. The van der Waals surface area contributed by atoms with E-state index in [0.29, 0.717) is 45.3 Å². The highest BCUT2D eigenvalue weighted by Crippen LogP contribution is 2.31. The smallest absolute Gasteiger partial charge is 0.189 e. The summed E-state index contributed by atoms with van der Waals surface area (Å²) in [7, 11) is 0. The molecule has 0 aliphatic carbocycles. The minimum absolute atomic E-state index is 0.112. The highest BCUT2D eigenvalue weighted by Gasteiger charge is 2.15. The largest absolute Gasteiger partial charge is 0.488 e. The predicted octanol–water partition coefficient (Wildman–Crippen LogP) is 10.1. The molecule has 7 rings (SSSR count). The lowest BCUT2D eigenvalue weighted by molar-refractivity contribution is 0.103. The van der Waals surface area contributed by atoms with Gasteiger partial charge in [0.15, 0.2) is 11.6 Å². The van der Waals surface area contributed by atoms with Gasteiger partial charge in [0.2, 0.25) is 0 Å². The van der Waals surface area contributed by atoms with Crippen LogP contribution in [0, 0.1) is 0 Å². The Kier molecular flexibility index (Phi) is 10.1. The average Bonchev–Trinajstić information content (AvgIpc) is 3.18.